The smallest absolute Gasteiger partial charge is 0.341 e. The van der Waals surface area contributed by atoms with Gasteiger partial charge in [0.15, 0.2) is 23.3 Å². The summed E-state index contributed by atoms with van der Waals surface area (Å²) in [5, 5.41) is 10.4. The van der Waals surface area contributed by atoms with Crippen molar-refractivity contribution in [1.82, 2.24) is 9.55 Å². The van der Waals surface area contributed by atoms with E-state index < -0.39 is 11.4 Å². The molecule has 3 aromatic heterocycles. The minimum absolute atomic E-state index is 0.0477. The van der Waals surface area contributed by atoms with Crippen molar-refractivity contribution >= 4 is 16.9 Å². The Bertz CT molecular complexity index is 1350. The number of carboxylic acids is 1. The molecule has 1 unspecified atom stereocenters. The average molecular weight is 404 g/mol. The van der Waals surface area contributed by atoms with Crippen molar-refractivity contribution in [2.75, 3.05) is 0 Å². The lowest BCUT2D eigenvalue weighted by molar-refractivity contribution is 0.0693. The first-order valence-corrected chi connectivity index (χ1v) is 9.69. The highest BCUT2D eigenvalue weighted by atomic mass is 16.4. The highest BCUT2D eigenvalue weighted by Crippen LogP contribution is 2.47. The SMILES string of the molecule is CC(C)(C)C1Cc2c(oc3c(-c4cnco4)cccc23)-c2cc(=O)c(C(=O)O)cn21. The number of carboxylic acid groups (broad SMARTS) is 1. The predicted octanol–water partition coefficient (Wildman–Crippen LogP) is 4.76. The molecule has 0 spiro atoms. The second-order valence-electron chi connectivity index (χ2n) is 8.69. The minimum atomic E-state index is -1.23. The van der Waals surface area contributed by atoms with Crippen LogP contribution in [0.25, 0.3) is 33.7 Å². The molecule has 0 saturated heterocycles. The minimum Gasteiger partial charge on any atom is -0.477 e. The van der Waals surface area contributed by atoms with Gasteiger partial charge < -0.3 is 18.5 Å². The number of oxazole rings is 1. The fraction of sp³-hybridized carbons (Fsp3) is 0.261. The zero-order valence-corrected chi connectivity index (χ0v) is 16.8. The van der Waals surface area contributed by atoms with Gasteiger partial charge in [0.25, 0.3) is 0 Å². The van der Waals surface area contributed by atoms with Crippen molar-refractivity contribution in [2.24, 2.45) is 5.41 Å². The van der Waals surface area contributed by atoms with Crippen molar-refractivity contribution in [3.63, 3.8) is 0 Å². The van der Waals surface area contributed by atoms with Gasteiger partial charge in [0.05, 0.1) is 17.5 Å². The molecule has 0 aliphatic carbocycles. The fourth-order valence-corrected chi connectivity index (χ4v) is 4.29. The number of aromatic nitrogens is 2. The van der Waals surface area contributed by atoms with E-state index in [2.05, 4.69) is 25.8 Å². The van der Waals surface area contributed by atoms with Gasteiger partial charge in [0.2, 0.25) is 0 Å². The Balaban J connectivity index is 1.84. The number of pyridine rings is 1. The third-order valence-corrected chi connectivity index (χ3v) is 5.79. The summed E-state index contributed by atoms with van der Waals surface area (Å²) in [7, 11) is 0. The van der Waals surface area contributed by atoms with Crippen LogP contribution in [0.4, 0.5) is 0 Å². The van der Waals surface area contributed by atoms with Crippen LogP contribution in [0.3, 0.4) is 0 Å². The number of para-hydroxylation sites is 1. The molecule has 0 fully saturated rings. The van der Waals surface area contributed by atoms with Crippen LogP contribution < -0.4 is 5.43 Å². The molecular formula is C23H20N2O5. The van der Waals surface area contributed by atoms with Gasteiger partial charge in [-0.15, -0.1) is 0 Å². The molecule has 1 N–H and O–H groups in total. The molecule has 0 radical (unpaired) electrons. The molecule has 1 atom stereocenters. The topological polar surface area (TPSA) is 98.5 Å². The zero-order valence-electron chi connectivity index (χ0n) is 16.8. The molecule has 5 rings (SSSR count). The van der Waals surface area contributed by atoms with Crippen LogP contribution in [-0.2, 0) is 6.42 Å². The number of fused-ring (bicyclic) bond motifs is 5. The Kier molecular flexibility index (Phi) is 3.80. The summed E-state index contributed by atoms with van der Waals surface area (Å²) in [4.78, 5) is 28.1. The second-order valence-corrected chi connectivity index (χ2v) is 8.69. The van der Waals surface area contributed by atoms with Crippen LogP contribution in [0, 0.1) is 5.41 Å². The Labute approximate surface area is 171 Å². The monoisotopic (exact) mass is 404 g/mol. The summed E-state index contributed by atoms with van der Waals surface area (Å²) in [6.45, 7) is 6.31. The summed E-state index contributed by atoms with van der Waals surface area (Å²) < 4.78 is 13.6. The molecule has 1 aliphatic heterocycles. The van der Waals surface area contributed by atoms with Crippen molar-refractivity contribution in [2.45, 2.75) is 33.2 Å². The van der Waals surface area contributed by atoms with Crippen LogP contribution in [0.1, 0.15) is 42.7 Å². The average Bonchev–Trinajstić information content (AvgIpc) is 3.33. The maximum atomic E-state index is 12.5. The van der Waals surface area contributed by atoms with Gasteiger partial charge in [-0.2, -0.15) is 0 Å². The van der Waals surface area contributed by atoms with Gasteiger partial charge in [-0.05, 0) is 17.9 Å². The van der Waals surface area contributed by atoms with Gasteiger partial charge >= 0.3 is 5.97 Å². The number of aromatic carboxylic acids is 1. The van der Waals surface area contributed by atoms with Crippen LogP contribution in [-0.4, -0.2) is 20.6 Å². The van der Waals surface area contributed by atoms with E-state index in [4.69, 9.17) is 8.83 Å². The molecule has 7 nitrogen and oxygen atoms in total. The number of nitrogens with zero attached hydrogens (tertiary/aromatic N) is 2. The summed E-state index contributed by atoms with van der Waals surface area (Å²) in [5.41, 5.74) is 2.08. The fourth-order valence-electron chi connectivity index (χ4n) is 4.29. The highest BCUT2D eigenvalue weighted by molar-refractivity contribution is 5.97. The maximum Gasteiger partial charge on any atom is 0.341 e. The van der Waals surface area contributed by atoms with Crippen LogP contribution in [0.15, 0.2) is 56.7 Å². The molecule has 0 amide bonds. The molecular weight excluding hydrogens is 384 g/mol. The van der Waals surface area contributed by atoms with Crippen molar-refractivity contribution in [3.05, 3.63) is 64.4 Å². The third kappa shape index (κ3) is 2.62. The molecule has 4 aromatic rings. The third-order valence-electron chi connectivity index (χ3n) is 5.79. The van der Waals surface area contributed by atoms with E-state index in [-0.39, 0.29) is 17.0 Å². The first kappa shape index (κ1) is 18.4. The number of carbonyl (C=O) groups is 1. The van der Waals surface area contributed by atoms with Gasteiger partial charge in [-0.25, -0.2) is 9.78 Å². The van der Waals surface area contributed by atoms with E-state index in [0.29, 0.717) is 29.2 Å². The number of hydrogen-bond acceptors (Lipinski definition) is 5. The number of benzene rings is 1. The standard InChI is InChI=1S/C23H20N2O5/c1-23(2,3)19-7-14-12-5-4-6-13(18-9-24-11-29-18)20(12)30-21(14)16-8-17(26)15(22(27)28)10-25(16)19/h4-6,8-11,19H,7H2,1-3H3,(H,27,28). The first-order valence-electron chi connectivity index (χ1n) is 9.69. The van der Waals surface area contributed by atoms with Crippen LogP contribution in [0.2, 0.25) is 0 Å². The number of hydrogen-bond donors (Lipinski definition) is 1. The number of furan rings is 1. The molecule has 0 bridgehead atoms. The van der Waals surface area contributed by atoms with E-state index >= 15 is 0 Å². The molecule has 4 heterocycles. The van der Waals surface area contributed by atoms with E-state index in [1.54, 1.807) is 6.20 Å². The number of rotatable bonds is 2. The van der Waals surface area contributed by atoms with E-state index in [9.17, 15) is 14.7 Å². The lowest BCUT2D eigenvalue weighted by Crippen LogP contribution is -2.32. The van der Waals surface area contributed by atoms with E-state index in [1.807, 2.05) is 22.8 Å². The lowest BCUT2D eigenvalue weighted by Gasteiger charge is -2.37. The summed E-state index contributed by atoms with van der Waals surface area (Å²) in [6, 6.07) is 7.16. The normalized spacial score (nSPS) is 15.8. The van der Waals surface area contributed by atoms with Crippen molar-refractivity contribution < 1.29 is 18.7 Å². The Morgan fingerprint density at radius 2 is 2.10 bits per heavy atom. The van der Waals surface area contributed by atoms with Crippen molar-refractivity contribution in [3.8, 4) is 22.8 Å². The van der Waals surface area contributed by atoms with Crippen LogP contribution in [0.5, 0.6) is 0 Å². The Morgan fingerprint density at radius 1 is 1.30 bits per heavy atom. The summed E-state index contributed by atoms with van der Waals surface area (Å²) in [5.74, 6) is -0.0462. The summed E-state index contributed by atoms with van der Waals surface area (Å²) in [6.07, 6.45) is 5.10. The highest BCUT2D eigenvalue weighted by Gasteiger charge is 2.36. The van der Waals surface area contributed by atoms with Gasteiger partial charge in [0.1, 0.15) is 11.1 Å². The molecule has 1 aromatic carbocycles. The Hall–Kier alpha value is -3.61. The largest absolute Gasteiger partial charge is 0.477 e. The van der Waals surface area contributed by atoms with E-state index in [1.165, 1.54) is 18.7 Å². The molecule has 30 heavy (non-hydrogen) atoms. The van der Waals surface area contributed by atoms with Gasteiger partial charge in [0, 0.05) is 29.3 Å². The van der Waals surface area contributed by atoms with Gasteiger partial charge in [-0.3, -0.25) is 4.79 Å². The second kappa shape index (κ2) is 6.19. The Morgan fingerprint density at radius 3 is 2.77 bits per heavy atom. The first-order chi connectivity index (χ1) is 14.3. The maximum absolute atomic E-state index is 12.5. The van der Waals surface area contributed by atoms with E-state index in [0.717, 1.165) is 16.5 Å². The summed E-state index contributed by atoms with van der Waals surface area (Å²) >= 11 is 0. The molecule has 152 valence electrons. The quantitative estimate of drug-likeness (QED) is 0.517. The lowest BCUT2D eigenvalue weighted by atomic mass is 9.79. The molecule has 1 aliphatic rings. The van der Waals surface area contributed by atoms with Crippen LogP contribution >= 0.6 is 0 Å². The zero-order chi connectivity index (χ0) is 21.2. The predicted molar refractivity (Wildman–Crippen MR) is 111 cm³/mol. The van der Waals surface area contributed by atoms with Crippen molar-refractivity contribution in [1.29, 1.82) is 0 Å². The molecule has 0 saturated carbocycles. The molecule has 7 heteroatoms. The van der Waals surface area contributed by atoms with Gasteiger partial charge in [-0.1, -0.05) is 32.9 Å².